The Bertz CT molecular complexity index is 1480. The maximum absolute atomic E-state index is 11.6. The van der Waals surface area contributed by atoms with Gasteiger partial charge in [-0.3, -0.25) is 4.79 Å². The number of hydrogen-bond acceptors (Lipinski definition) is 12. The van der Waals surface area contributed by atoms with Crippen LogP contribution in [0.5, 0.6) is 0 Å². The molecule has 38 heavy (non-hydrogen) atoms. The SMILES string of the molecule is CO[C@H]1CCC[C@@H]1Nc1nc(-n2cc(C(N)=O)cn2)nc2c1ncn2[C@@H]1C[C@H](n2nnc(C)n2)[C@@H](O)[C@H]1O. The highest BCUT2D eigenvalue weighted by atomic mass is 16.5. The van der Waals surface area contributed by atoms with E-state index in [1.54, 1.807) is 24.9 Å². The molecule has 0 aromatic carbocycles. The number of nitrogens with zero attached hydrogens (tertiary/aromatic N) is 10. The van der Waals surface area contributed by atoms with E-state index in [0.29, 0.717) is 29.2 Å². The maximum Gasteiger partial charge on any atom is 0.254 e. The summed E-state index contributed by atoms with van der Waals surface area (Å²) in [5.74, 6) is 0.485. The van der Waals surface area contributed by atoms with Gasteiger partial charge in [0.25, 0.3) is 11.9 Å². The molecule has 16 nitrogen and oxygen atoms in total. The van der Waals surface area contributed by atoms with Crippen LogP contribution in [0.25, 0.3) is 17.1 Å². The summed E-state index contributed by atoms with van der Waals surface area (Å²) in [6.45, 7) is 1.70. The number of rotatable bonds is 7. The fraction of sp³-hybridized carbons (Fsp3) is 0.545. The number of nitrogens with one attached hydrogen (secondary N) is 1. The van der Waals surface area contributed by atoms with Crippen molar-refractivity contribution in [1.29, 1.82) is 0 Å². The van der Waals surface area contributed by atoms with Crippen molar-refractivity contribution in [2.24, 2.45) is 5.73 Å². The topological polar surface area (TPSA) is 210 Å². The van der Waals surface area contributed by atoms with Gasteiger partial charge in [0.1, 0.15) is 18.2 Å². The van der Waals surface area contributed by atoms with Crippen molar-refractivity contribution in [3.63, 3.8) is 0 Å². The quantitative estimate of drug-likeness (QED) is 0.236. The molecule has 4 aromatic heterocycles. The van der Waals surface area contributed by atoms with Gasteiger partial charge in [-0.05, 0) is 37.8 Å². The van der Waals surface area contributed by atoms with E-state index in [9.17, 15) is 15.0 Å². The van der Waals surface area contributed by atoms with Gasteiger partial charge in [0.15, 0.2) is 22.8 Å². The number of tetrazole rings is 1. The molecular formula is C22H28N12O4. The Hall–Kier alpha value is -4.02. The molecule has 16 heteroatoms. The summed E-state index contributed by atoms with van der Waals surface area (Å²) in [5, 5.41) is 41.6. The van der Waals surface area contributed by atoms with E-state index in [1.165, 1.54) is 21.9 Å². The number of amides is 1. The largest absolute Gasteiger partial charge is 0.388 e. The highest BCUT2D eigenvalue weighted by Gasteiger charge is 2.45. The fourth-order valence-corrected chi connectivity index (χ4v) is 5.39. The number of fused-ring (bicyclic) bond motifs is 1. The first kappa shape index (κ1) is 24.3. The van der Waals surface area contributed by atoms with Crippen molar-refractivity contribution < 1.29 is 19.7 Å². The molecule has 2 aliphatic rings. The molecule has 0 aliphatic heterocycles. The first-order valence-corrected chi connectivity index (χ1v) is 12.3. The molecule has 6 rings (SSSR count). The van der Waals surface area contributed by atoms with Gasteiger partial charge >= 0.3 is 0 Å². The number of methoxy groups -OCH3 is 1. The average Bonchev–Trinajstić information content (AvgIpc) is 3.71. The lowest BCUT2D eigenvalue weighted by Gasteiger charge is -2.21. The summed E-state index contributed by atoms with van der Waals surface area (Å²) in [5.41, 5.74) is 6.51. The number of aliphatic hydroxyl groups excluding tert-OH is 2. The molecule has 0 bridgehead atoms. The van der Waals surface area contributed by atoms with Crippen LogP contribution in [0, 0.1) is 6.92 Å². The Labute approximate surface area is 215 Å². The summed E-state index contributed by atoms with van der Waals surface area (Å²) in [6, 6.07) is -1.16. The molecule has 4 aromatic rings. The average molecular weight is 525 g/mol. The number of anilines is 1. The minimum Gasteiger partial charge on any atom is -0.388 e. The summed E-state index contributed by atoms with van der Waals surface area (Å²) in [6.07, 6.45) is 5.25. The number of hydrogen-bond donors (Lipinski definition) is 4. The molecule has 0 unspecified atom stereocenters. The van der Waals surface area contributed by atoms with Gasteiger partial charge in [-0.25, -0.2) is 9.67 Å². The summed E-state index contributed by atoms with van der Waals surface area (Å²) in [7, 11) is 1.68. The van der Waals surface area contributed by atoms with Crippen LogP contribution < -0.4 is 11.1 Å². The van der Waals surface area contributed by atoms with E-state index in [1.807, 2.05) is 0 Å². The Balaban J connectivity index is 1.43. The summed E-state index contributed by atoms with van der Waals surface area (Å²) < 4.78 is 8.71. The van der Waals surface area contributed by atoms with Gasteiger partial charge in [-0.2, -0.15) is 19.9 Å². The lowest BCUT2D eigenvalue weighted by Crippen LogP contribution is -2.31. The summed E-state index contributed by atoms with van der Waals surface area (Å²) >= 11 is 0. The lowest BCUT2D eigenvalue weighted by molar-refractivity contribution is 0.00473. The van der Waals surface area contributed by atoms with Crippen LogP contribution in [0.1, 0.15) is 53.9 Å². The molecule has 0 saturated heterocycles. The molecule has 1 amide bonds. The highest BCUT2D eigenvalue weighted by molar-refractivity contribution is 5.92. The zero-order valence-electron chi connectivity index (χ0n) is 20.8. The number of carbonyl (C=O) groups excluding carboxylic acids is 1. The number of nitrogens with two attached hydrogens (primary N) is 1. The number of imidazole rings is 1. The Morgan fingerprint density at radius 1 is 1.21 bits per heavy atom. The van der Waals surface area contributed by atoms with Crippen molar-refractivity contribution in [2.45, 2.75) is 69.0 Å². The standard InChI is InChI=1S/C22H28N12O4/c1-10-29-31-34(30-10)14-6-13(17(35)18(14)36)32-9-24-16-20(26-12-4-3-5-15(12)38-2)27-22(28-21(16)32)33-8-11(7-25-33)19(23)37/h7-9,12-15,17-18,35-36H,3-6H2,1-2H3,(H2,23,37)(H,26,27,28)/t12-,13+,14-,15-,17-,18+/m0/s1. The molecule has 2 fully saturated rings. The molecule has 6 atom stereocenters. The predicted octanol–water partition coefficient (Wildman–Crippen LogP) is -0.707. The molecule has 5 N–H and O–H groups in total. The third-order valence-electron chi connectivity index (χ3n) is 7.36. The van der Waals surface area contributed by atoms with Crippen molar-refractivity contribution >= 4 is 22.9 Å². The maximum atomic E-state index is 11.6. The molecular weight excluding hydrogens is 496 g/mol. The van der Waals surface area contributed by atoms with Gasteiger partial charge < -0.3 is 30.6 Å². The van der Waals surface area contributed by atoms with Crippen LogP contribution in [0.4, 0.5) is 5.82 Å². The van der Waals surface area contributed by atoms with E-state index in [4.69, 9.17) is 10.5 Å². The van der Waals surface area contributed by atoms with E-state index in [-0.39, 0.29) is 23.7 Å². The van der Waals surface area contributed by atoms with Crippen molar-refractivity contribution in [3.8, 4) is 5.95 Å². The first-order valence-electron chi connectivity index (χ1n) is 12.3. The third-order valence-corrected chi connectivity index (χ3v) is 7.36. The minimum atomic E-state index is -1.14. The van der Waals surface area contributed by atoms with E-state index in [2.05, 4.69) is 40.8 Å². The smallest absolute Gasteiger partial charge is 0.254 e. The molecule has 0 radical (unpaired) electrons. The van der Waals surface area contributed by atoms with Crippen LogP contribution in [0.3, 0.4) is 0 Å². The molecule has 2 aliphatic carbocycles. The number of aryl methyl sites for hydroxylation is 1. The third kappa shape index (κ3) is 4.06. The molecule has 2 saturated carbocycles. The van der Waals surface area contributed by atoms with E-state index >= 15 is 0 Å². The van der Waals surface area contributed by atoms with Crippen LogP contribution in [-0.2, 0) is 4.74 Å². The number of carbonyl (C=O) groups is 1. The molecule has 200 valence electrons. The van der Waals surface area contributed by atoms with Crippen LogP contribution >= 0.6 is 0 Å². The number of ether oxygens (including phenoxy) is 1. The lowest BCUT2D eigenvalue weighted by atomic mass is 10.2. The second-order valence-electron chi connectivity index (χ2n) is 9.70. The zero-order valence-corrected chi connectivity index (χ0v) is 20.8. The Morgan fingerprint density at radius 2 is 2.03 bits per heavy atom. The zero-order chi connectivity index (χ0) is 26.6. The van der Waals surface area contributed by atoms with Crippen molar-refractivity contribution in [1.82, 2.24) is 49.5 Å². The van der Waals surface area contributed by atoms with Gasteiger partial charge in [-0.15, -0.1) is 10.2 Å². The predicted molar refractivity (Wildman–Crippen MR) is 130 cm³/mol. The van der Waals surface area contributed by atoms with Crippen LogP contribution in [-0.4, -0.2) is 97.1 Å². The summed E-state index contributed by atoms with van der Waals surface area (Å²) in [4.78, 5) is 26.9. The van der Waals surface area contributed by atoms with E-state index < -0.39 is 30.2 Å². The fourth-order valence-electron chi connectivity index (χ4n) is 5.39. The number of aromatic nitrogens is 10. The highest BCUT2D eigenvalue weighted by Crippen LogP contribution is 2.39. The van der Waals surface area contributed by atoms with E-state index in [0.717, 1.165) is 19.3 Å². The van der Waals surface area contributed by atoms with Gasteiger partial charge in [0, 0.05) is 13.3 Å². The minimum absolute atomic E-state index is 0.0137. The van der Waals surface area contributed by atoms with Gasteiger partial charge in [0.2, 0.25) is 0 Å². The number of aliphatic hydroxyl groups is 2. The molecule has 0 spiro atoms. The van der Waals surface area contributed by atoms with Gasteiger partial charge in [-0.1, -0.05) is 0 Å². The first-order chi connectivity index (χ1) is 18.3. The van der Waals surface area contributed by atoms with Crippen molar-refractivity contribution in [3.05, 3.63) is 30.1 Å². The normalized spacial score (nSPS) is 27.4. The second kappa shape index (κ2) is 9.38. The van der Waals surface area contributed by atoms with Crippen LogP contribution in [0.15, 0.2) is 18.7 Å². The van der Waals surface area contributed by atoms with Crippen LogP contribution in [0.2, 0.25) is 0 Å². The Kier molecular flexibility index (Phi) is 6.00. The van der Waals surface area contributed by atoms with Gasteiger partial charge in [0.05, 0.1) is 36.3 Å². The second-order valence-corrected chi connectivity index (χ2v) is 9.70. The Morgan fingerprint density at radius 3 is 2.74 bits per heavy atom. The monoisotopic (exact) mass is 524 g/mol. The van der Waals surface area contributed by atoms with Crippen molar-refractivity contribution in [2.75, 3.05) is 12.4 Å². The number of primary amides is 1. The molecule has 4 heterocycles.